The zero-order valence-electron chi connectivity index (χ0n) is 16.0. The van der Waals surface area contributed by atoms with Crippen LogP contribution in [-0.2, 0) is 0 Å². The maximum absolute atomic E-state index is 13.1. The molecule has 0 aliphatic carbocycles. The van der Waals surface area contributed by atoms with E-state index in [1.165, 1.54) is 12.1 Å². The highest BCUT2D eigenvalue weighted by Gasteiger charge is 2.22. The van der Waals surface area contributed by atoms with Gasteiger partial charge in [-0.2, -0.15) is 0 Å². The number of anilines is 2. The summed E-state index contributed by atoms with van der Waals surface area (Å²) in [6.45, 7) is 7.99. The van der Waals surface area contributed by atoms with Gasteiger partial charge in [-0.1, -0.05) is 13.8 Å². The van der Waals surface area contributed by atoms with E-state index in [1.807, 2.05) is 11.0 Å². The van der Waals surface area contributed by atoms with Gasteiger partial charge in [-0.05, 0) is 42.7 Å². The number of nitrogens with one attached hydrogen (secondary N) is 1. The molecule has 1 N–H and O–H groups in total. The minimum absolute atomic E-state index is 0.00812. The van der Waals surface area contributed by atoms with Crippen LogP contribution in [0.3, 0.4) is 0 Å². The minimum Gasteiger partial charge on any atom is -0.384 e. The molecule has 1 amide bonds. The molecule has 0 radical (unpaired) electrons. The van der Waals surface area contributed by atoms with Gasteiger partial charge in [-0.15, -0.1) is 0 Å². The normalized spacial score (nSPS) is 14.5. The van der Waals surface area contributed by atoms with Crippen molar-refractivity contribution in [1.82, 2.24) is 9.88 Å². The third-order valence-electron chi connectivity index (χ3n) is 4.79. The first-order chi connectivity index (χ1) is 13.0. The summed E-state index contributed by atoms with van der Waals surface area (Å²) in [5, 5.41) is 3.34. The van der Waals surface area contributed by atoms with Crippen LogP contribution in [0.4, 0.5) is 15.8 Å². The summed E-state index contributed by atoms with van der Waals surface area (Å²) in [6, 6.07) is 8.38. The number of piperazine rings is 1. The Morgan fingerprint density at radius 1 is 1.15 bits per heavy atom. The van der Waals surface area contributed by atoms with Gasteiger partial charge in [0, 0.05) is 50.8 Å². The molecule has 0 unspecified atom stereocenters. The van der Waals surface area contributed by atoms with Crippen molar-refractivity contribution in [3.63, 3.8) is 0 Å². The van der Waals surface area contributed by atoms with Crippen LogP contribution in [-0.4, -0.2) is 48.5 Å². The van der Waals surface area contributed by atoms with Gasteiger partial charge in [-0.25, -0.2) is 4.39 Å². The molecule has 144 valence electrons. The van der Waals surface area contributed by atoms with E-state index in [-0.39, 0.29) is 11.7 Å². The maximum atomic E-state index is 13.1. The second kappa shape index (κ2) is 8.84. The van der Waals surface area contributed by atoms with E-state index in [1.54, 1.807) is 24.5 Å². The molecule has 0 spiro atoms. The second-order valence-corrected chi connectivity index (χ2v) is 7.33. The van der Waals surface area contributed by atoms with Crippen LogP contribution in [0, 0.1) is 11.7 Å². The first-order valence-electron chi connectivity index (χ1n) is 9.51. The smallest absolute Gasteiger partial charge is 0.255 e. The molecule has 27 heavy (non-hydrogen) atoms. The summed E-state index contributed by atoms with van der Waals surface area (Å²) < 4.78 is 13.1. The van der Waals surface area contributed by atoms with E-state index < -0.39 is 0 Å². The second-order valence-electron chi connectivity index (χ2n) is 7.33. The SMILES string of the molecule is CC(C)CCNc1cncc(C(=O)N2CCN(c3ccc(F)cc3)CC2)c1. The van der Waals surface area contributed by atoms with Crippen molar-refractivity contribution >= 4 is 17.3 Å². The summed E-state index contributed by atoms with van der Waals surface area (Å²) in [7, 11) is 0. The Balaban J connectivity index is 1.56. The Hall–Kier alpha value is -2.63. The Labute approximate surface area is 160 Å². The molecular weight excluding hydrogens is 343 g/mol. The molecule has 1 aromatic heterocycles. The minimum atomic E-state index is -0.234. The number of carbonyl (C=O) groups is 1. The molecule has 1 saturated heterocycles. The number of hydrogen-bond donors (Lipinski definition) is 1. The van der Waals surface area contributed by atoms with Gasteiger partial charge in [0.1, 0.15) is 5.82 Å². The van der Waals surface area contributed by atoms with Gasteiger partial charge < -0.3 is 15.1 Å². The van der Waals surface area contributed by atoms with Gasteiger partial charge >= 0.3 is 0 Å². The third-order valence-corrected chi connectivity index (χ3v) is 4.79. The number of carbonyl (C=O) groups excluding carboxylic acids is 1. The number of rotatable bonds is 6. The quantitative estimate of drug-likeness (QED) is 0.843. The summed E-state index contributed by atoms with van der Waals surface area (Å²) in [6.07, 6.45) is 4.45. The summed E-state index contributed by atoms with van der Waals surface area (Å²) in [4.78, 5) is 21.1. The first kappa shape index (κ1) is 19.1. The van der Waals surface area contributed by atoms with E-state index in [0.29, 0.717) is 24.6 Å². The molecule has 1 aliphatic heterocycles. The molecule has 1 aliphatic rings. The van der Waals surface area contributed by atoms with Gasteiger partial charge in [0.15, 0.2) is 0 Å². The lowest BCUT2D eigenvalue weighted by molar-refractivity contribution is 0.0746. The lowest BCUT2D eigenvalue weighted by Gasteiger charge is -2.36. The van der Waals surface area contributed by atoms with E-state index in [4.69, 9.17) is 0 Å². The Morgan fingerprint density at radius 2 is 1.85 bits per heavy atom. The molecule has 6 heteroatoms. The van der Waals surface area contributed by atoms with Crippen molar-refractivity contribution in [1.29, 1.82) is 0 Å². The zero-order valence-corrected chi connectivity index (χ0v) is 16.0. The number of nitrogens with zero attached hydrogens (tertiary/aromatic N) is 3. The lowest BCUT2D eigenvalue weighted by atomic mass is 10.1. The van der Waals surface area contributed by atoms with E-state index in [0.717, 1.165) is 37.4 Å². The fourth-order valence-electron chi connectivity index (χ4n) is 3.16. The molecule has 1 fully saturated rings. The highest BCUT2D eigenvalue weighted by atomic mass is 19.1. The van der Waals surface area contributed by atoms with Crippen LogP contribution in [0.1, 0.15) is 30.6 Å². The molecule has 1 aromatic carbocycles. The lowest BCUT2D eigenvalue weighted by Crippen LogP contribution is -2.48. The van der Waals surface area contributed by atoms with Crippen LogP contribution >= 0.6 is 0 Å². The van der Waals surface area contributed by atoms with Crippen molar-refractivity contribution in [2.45, 2.75) is 20.3 Å². The van der Waals surface area contributed by atoms with E-state index in [9.17, 15) is 9.18 Å². The van der Waals surface area contributed by atoms with Crippen LogP contribution < -0.4 is 10.2 Å². The topological polar surface area (TPSA) is 48.5 Å². The Bertz CT molecular complexity index is 755. The molecular formula is C21H27FN4O. The number of halogens is 1. The summed E-state index contributed by atoms with van der Waals surface area (Å²) in [5.74, 6) is 0.406. The fourth-order valence-corrected chi connectivity index (χ4v) is 3.16. The molecule has 5 nitrogen and oxygen atoms in total. The van der Waals surface area contributed by atoms with E-state index >= 15 is 0 Å². The molecule has 2 heterocycles. The van der Waals surface area contributed by atoms with Crippen LogP contribution in [0.25, 0.3) is 0 Å². The van der Waals surface area contributed by atoms with Gasteiger partial charge in [0.25, 0.3) is 5.91 Å². The predicted octanol–water partition coefficient (Wildman–Crippen LogP) is 3.64. The average Bonchev–Trinajstić information content (AvgIpc) is 2.68. The Morgan fingerprint density at radius 3 is 2.52 bits per heavy atom. The van der Waals surface area contributed by atoms with Crippen LogP contribution in [0.5, 0.6) is 0 Å². The monoisotopic (exact) mass is 370 g/mol. The number of hydrogen-bond acceptors (Lipinski definition) is 4. The summed E-state index contributed by atoms with van der Waals surface area (Å²) in [5.41, 5.74) is 2.48. The highest BCUT2D eigenvalue weighted by molar-refractivity contribution is 5.95. The molecule has 0 bridgehead atoms. The van der Waals surface area contributed by atoms with Crippen molar-refractivity contribution in [2.75, 3.05) is 42.9 Å². The van der Waals surface area contributed by atoms with Crippen molar-refractivity contribution in [3.05, 3.63) is 54.1 Å². The first-order valence-corrected chi connectivity index (χ1v) is 9.51. The van der Waals surface area contributed by atoms with Gasteiger partial charge in [-0.3, -0.25) is 9.78 Å². The standard InChI is InChI=1S/C21H27FN4O/c1-16(2)7-8-24-19-13-17(14-23-15-19)21(27)26-11-9-25(10-12-26)20-5-3-18(22)4-6-20/h3-6,13-16,24H,7-12H2,1-2H3. The van der Waals surface area contributed by atoms with Crippen molar-refractivity contribution < 1.29 is 9.18 Å². The fraction of sp³-hybridized carbons (Fsp3) is 0.429. The number of amides is 1. The van der Waals surface area contributed by atoms with Crippen LogP contribution in [0.15, 0.2) is 42.7 Å². The third kappa shape index (κ3) is 5.18. The molecule has 0 saturated carbocycles. The van der Waals surface area contributed by atoms with Crippen molar-refractivity contribution in [2.24, 2.45) is 5.92 Å². The zero-order chi connectivity index (χ0) is 19.2. The number of benzene rings is 1. The van der Waals surface area contributed by atoms with Crippen LogP contribution in [0.2, 0.25) is 0 Å². The number of pyridine rings is 1. The number of aromatic nitrogens is 1. The Kier molecular flexibility index (Phi) is 6.27. The maximum Gasteiger partial charge on any atom is 0.255 e. The van der Waals surface area contributed by atoms with Crippen molar-refractivity contribution in [3.8, 4) is 0 Å². The molecule has 0 atom stereocenters. The predicted molar refractivity (Wildman–Crippen MR) is 107 cm³/mol. The average molecular weight is 370 g/mol. The van der Waals surface area contributed by atoms with E-state index in [2.05, 4.69) is 29.0 Å². The highest BCUT2D eigenvalue weighted by Crippen LogP contribution is 2.18. The van der Waals surface area contributed by atoms with Gasteiger partial charge in [0.2, 0.25) is 0 Å². The summed E-state index contributed by atoms with van der Waals surface area (Å²) >= 11 is 0. The molecule has 2 aromatic rings. The largest absolute Gasteiger partial charge is 0.384 e. The van der Waals surface area contributed by atoms with Gasteiger partial charge in [0.05, 0.1) is 11.3 Å². The molecule has 3 rings (SSSR count).